The van der Waals surface area contributed by atoms with Crippen LogP contribution < -0.4 is 9.64 Å². The van der Waals surface area contributed by atoms with Crippen molar-refractivity contribution in [3.05, 3.63) is 48.3 Å². The highest BCUT2D eigenvalue weighted by Gasteiger charge is 2.23. The van der Waals surface area contributed by atoms with Crippen molar-refractivity contribution in [1.82, 2.24) is 14.9 Å². The zero-order valence-corrected chi connectivity index (χ0v) is 14.7. The molecule has 1 fully saturated rings. The van der Waals surface area contributed by atoms with Crippen molar-refractivity contribution in [2.45, 2.75) is 25.9 Å². The molecule has 0 unspecified atom stereocenters. The maximum Gasteiger partial charge on any atom is 0.234 e. The molecule has 1 aromatic heterocycles. The minimum atomic E-state index is -0.0273. The van der Waals surface area contributed by atoms with E-state index < -0.39 is 0 Å². The molecule has 0 spiro atoms. The van der Waals surface area contributed by atoms with Crippen LogP contribution in [-0.2, 0) is 6.54 Å². The number of rotatable bonds is 6. The number of ether oxygens (including phenoxy) is 1. The second-order valence-electron chi connectivity index (χ2n) is 6.40. The third-order valence-corrected chi connectivity index (χ3v) is 4.41. The number of nitrogens with zero attached hydrogens (tertiary/aromatic N) is 4. The molecule has 2 heterocycles. The molecule has 1 N–H and O–H groups in total. The third-order valence-electron chi connectivity index (χ3n) is 4.41. The molecule has 0 saturated carbocycles. The van der Waals surface area contributed by atoms with E-state index in [9.17, 15) is 0 Å². The number of anilines is 1. The molecule has 134 valence electrons. The summed E-state index contributed by atoms with van der Waals surface area (Å²) in [6, 6.07) is 10.9. The molecule has 1 aromatic carbocycles. The first kappa shape index (κ1) is 17.6. The van der Waals surface area contributed by atoms with Gasteiger partial charge in [-0.05, 0) is 18.9 Å². The minimum Gasteiger partial charge on any atom is -0.474 e. The Balaban J connectivity index is 1.66. The van der Waals surface area contributed by atoms with E-state index in [0.29, 0.717) is 11.9 Å². The zero-order valence-electron chi connectivity index (χ0n) is 14.7. The minimum absolute atomic E-state index is 0.0273. The van der Waals surface area contributed by atoms with Crippen LogP contribution in [0.15, 0.2) is 42.7 Å². The van der Waals surface area contributed by atoms with Crippen LogP contribution in [0.2, 0.25) is 0 Å². The van der Waals surface area contributed by atoms with Crippen molar-refractivity contribution in [3.8, 4) is 5.88 Å². The van der Waals surface area contributed by atoms with Crippen molar-refractivity contribution >= 4 is 5.82 Å². The van der Waals surface area contributed by atoms with E-state index in [1.54, 1.807) is 12.4 Å². The summed E-state index contributed by atoms with van der Waals surface area (Å²) >= 11 is 0. The number of hydrogen-bond acceptors (Lipinski definition) is 6. The molecule has 1 atom stereocenters. The van der Waals surface area contributed by atoms with Gasteiger partial charge in [0.2, 0.25) is 5.88 Å². The summed E-state index contributed by atoms with van der Waals surface area (Å²) in [5, 5.41) is 8.89. The van der Waals surface area contributed by atoms with E-state index in [-0.39, 0.29) is 13.2 Å². The topological polar surface area (TPSA) is 61.7 Å². The molecule has 1 aliphatic heterocycles. The van der Waals surface area contributed by atoms with E-state index in [2.05, 4.69) is 57.0 Å². The Kier molecular flexibility index (Phi) is 6.19. The Morgan fingerprint density at radius 1 is 1.20 bits per heavy atom. The van der Waals surface area contributed by atoms with Gasteiger partial charge in [-0.25, -0.2) is 0 Å². The second-order valence-corrected chi connectivity index (χ2v) is 6.40. The van der Waals surface area contributed by atoms with Crippen LogP contribution in [0.5, 0.6) is 5.88 Å². The van der Waals surface area contributed by atoms with Gasteiger partial charge in [-0.1, -0.05) is 30.3 Å². The van der Waals surface area contributed by atoms with Gasteiger partial charge in [0, 0.05) is 32.2 Å². The van der Waals surface area contributed by atoms with Crippen LogP contribution in [0, 0.1) is 0 Å². The van der Waals surface area contributed by atoms with Gasteiger partial charge in [-0.2, -0.15) is 4.98 Å². The maximum absolute atomic E-state index is 8.89. The lowest BCUT2D eigenvalue weighted by Gasteiger charge is -2.29. The molecule has 0 aliphatic carbocycles. The molecule has 3 rings (SSSR count). The van der Waals surface area contributed by atoms with Gasteiger partial charge in [0.25, 0.3) is 0 Å². The first-order valence-electron chi connectivity index (χ1n) is 8.85. The predicted octanol–water partition coefficient (Wildman–Crippen LogP) is 1.95. The molecule has 25 heavy (non-hydrogen) atoms. The quantitative estimate of drug-likeness (QED) is 0.866. The van der Waals surface area contributed by atoms with Gasteiger partial charge >= 0.3 is 0 Å². The van der Waals surface area contributed by atoms with Crippen LogP contribution >= 0.6 is 0 Å². The highest BCUT2D eigenvalue weighted by Crippen LogP contribution is 2.20. The highest BCUT2D eigenvalue weighted by molar-refractivity contribution is 5.39. The highest BCUT2D eigenvalue weighted by atomic mass is 16.5. The van der Waals surface area contributed by atoms with E-state index >= 15 is 0 Å². The lowest BCUT2D eigenvalue weighted by atomic mass is 10.2. The van der Waals surface area contributed by atoms with Crippen LogP contribution in [0.1, 0.15) is 18.9 Å². The van der Waals surface area contributed by atoms with Crippen molar-refractivity contribution in [1.29, 1.82) is 0 Å². The van der Waals surface area contributed by atoms with Gasteiger partial charge in [0.05, 0.1) is 19.0 Å². The average molecular weight is 342 g/mol. The fraction of sp³-hybridized carbons (Fsp3) is 0.474. The second kappa shape index (κ2) is 8.78. The van der Waals surface area contributed by atoms with Crippen LogP contribution in [-0.4, -0.2) is 58.9 Å². The Hall–Kier alpha value is -2.18. The molecule has 0 radical (unpaired) electrons. The molecule has 1 aliphatic rings. The molecular weight excluding hydrogens is 316 g/mol. The summed E-state index contributed by atoms with van der Waals surface area (Å²) < 4.78 is 5.39. The van der Waals surface area contributed by atoms with Gasteiger partial charge in [0.1, 0.15) is 6.61 Å². The van der Waals surface area contributed by atoms with E-state index in [4.69, 9.17) is 9.84 Å². The number of aromatic nitrogens is 2. The normalized spacial score (nSPS) is 18.8. The smallest absolute Gasteiger partial charge is 0.234 e. The first-order chi connectivity index (χ1) is 12.3. The fourth-order valence-corrected chi connectivity index (χ4v) is 3.27. The molecule has 1 saturated heterocycles. The molecule has 6 nitrogen and oxygen atoms in total. The van der Waals surface area contributed by atoms with Crippen molar-refractivity contribution in [2.75, 3.05) is 37.7 Å². The van der Waals surface area contributed by atoms with Gasteiger partial charge < -0.3 is 14.7 Å². The third kappa shape index (κ3) is 4.90. The monoisotopic (exact) mass is 342 g/mol. The summed E-state index contributed by atoms with van der Waals surface area (Å²) in [6.07, 6.45) is 4.46. The summed E-state index contributed by atoms with van der Waals surface area (Å²) in [6.45, 7) is 6.42. The Labute approximate surface area is 149 Å². The van der Waals surface area contributed by atoms with Crippen LogP contribution in [0.4, 0.5) is 5.82 Å². The van der Waals surface area contributed by atoms with Crippen LogP contribution in [0.3, 0.4) is 0 Å². The Bertz CT molecular complexity index is 653. The number of benzene rings is 1. The maximum atomic E-state index is 8.89. The standard InChI is InChI=1S/C19H26N4O2/c1-16-14-22(15-17-6-3-2-4-7-17)8-5-9-23(16)18-12-20-13-19(21-18)25-11-10-24/h2-4,6-7,12-13,16,24H,5,8-11,14-15H2,1H3/t16-/m1/s1. The molecule has 6 heteroatoms. The van der Waals surface area contributed by atoms with E-state index in [1.807, 2.05) is 0 Å². The van der Waals surface area contributed by atoms with Crippen LogP contribution in [0.25, 0.3) is 0 Å². The summed E-state index contributed by atoms with van der Waals surface area (Å²) in [5.74, 6) is 1.30. The fourth-order valence-electron chi connectivity index (χ4n) is 3.27. The van der Waals surface area contributed by atoms with E-state index in [0.717, 1.165) is 38.4 Å². The Morgan fingerprint density at radius 2 is 2.04 bits per heavy atom. The van der Waals surface area contributed by atoms with E-state index in [1.165, 1.54) is 5.56 Å². The summed E-state index contributed by atoms with van der Waals surface area (Å²) in [7, 11) is 0. The van der Waals surface area contributed by atoms with Crippen molar-refractivity contribution < 1.29 is 9.84 Å². The van der Waals surface area contributed by atoms with Gasteiger partial charge in [-0.15, -0.1) is 0 Å². The number of aliphatic hydroxyl groups excluding tert-OH is 1. The molecular formula is C19H26N4O2. The summed E-state index contributed by atoms with van der Waals surface area (Å²) in [4.78, 5) is 13.6. The molecule has 2 aromatic rings. The predicted molar refractivity (Wildman–Crippen MR) is 97.8 cm³/mol. The average Bonchev–Trinajstić information content (AvgIpc) is 2.82. The first-order valence-corrected chi connectivity index (χ1v) is 8.85. The van der Waals surface area contributed by atoms with Crippen molar-refractivity contribution in [3.63, 3.8) is 0 Å². The van der Waals surface area contributed by atoms with Crippen molar-refractivity contribution in [2.24, 2.45) is 0 Å². The number of aliphatic hydroxyl groups is 1. The molecule has 0 amide bonds. The molecule has 0 bridgehead atoms. The SMILES string of the molecule is C[C@@H]1CN(Cc2ccccc2)CCCN1c1cncc(OCCO)n1. The number of hydrogen-bond donors (Lipinski definition) is 1. The largest absolute Gasteiger partial charge is 0.474 e. The zero-order chi connectivity index (χ0) is 17.5. The van der Waals surface area contributed by atoms with Gasteiger partial charge in [-0.3, -0.25) is 9.88 Å². The lowest BCUT2D eigenvalue weighted by molar-refractivity contribution is 0.196. The summed E-state index contributed by atoms with van der Waals surface area (Å²) in [5.41, 5.74) is 1.35. The lowest BCUT2D eigenvalue weighted by Crippen LogP contribution is -2.39. The Morgan fingerprint density at radius 3 is 2.84 bits per heavy atom. The van der Waals surface area contributed by atoms with Gasteiger partial charge in [0.15, 0.2) is 5.82 Å².